The smallest absolute Gasteiger partial charge is 0.321 e. The molecule has 76 valence electrons. The van der Waals surface area contributed by atoms with Crippen molar-refractivity contribution in [1.29, 1.82) is 0 Å². The van der Waals surface area contributed by atoms with Crippen LogP contribution in [0.4, 0.5) is 4.79 Å². The second-order valence-electron chi connectivity index (χ2n) is 4.45. The SMILES string of the molecule is O=C1CCN(C2CC2)C(=O)N1C1CC1. The van der Waals surface area contributed by atoms with Crippen molar-refractivity contribution >= 4 is 11.9 Å². The van der Waals surface area contributed by atoms with Crippen molar-refractivity contribution in [2.24, 2.45) is 0 Å². The summed E-state index contributed by atoms with van der Waals surface area (Å²) in [6.45, 7) is 0.644. The van der Waals surface area contributed by atoms with E-state index in [0.29, 0.717) is 19.0 Å². The second-order valence-corrected chi connectivity index (χ2v) is 4.45. The van der Waals surface area contributed by atoms with Crippen molar-refractivity contribution in [3.63, 3.8) is 0 Å². The maximum atomic E-state index is 11.9. The average Bonchev–Trinajstić information content (AvgIpc) is 3.00. The molecule has 3 fully saturated rings. The Morgan fingerprint density at radius 1 is 1.00 bits per heavy atom. The molecule has 2 aliphatic carbocycles. The van der Waals surface area contributed by atoms with Gasteiger partial charge in [-0.15, -0.1) is 0 Å². The second kappa shape index (κ2) is 2.72. The van der Waals surface area contributed by atoms with Gasteiger partial charge in [0.25, 0.3) is 0 Å². The summed E-state index contributed by atoms with van der Waals surface area (Å²) in [6, 6.07) is 0.652. The maximum Gasteiger partial charge on any atom is 0.327 e. The Kier molecular flexibility index (Phi) is 1.60. The quantitative estimate of drug-likeness (QED) is 0.657. The van der Waals surface area contributed by atoms with E-state index in [-0.39, 0.29) is 18.0 Å². The minimum atomic E-state index is -0.0220. The summed E-state index contributed by atoms with van der Waals surface area (Å²) in [5.41, 5.74) is 0. The minimum Gasteiger partial charge on any atom is -0.321 e. The number of amides is 3. The molecule has 4 heteroatoms. The molecule has 0 radical (unpaired) electrons. The molecule has 1 saturated heterocycles. The number of nitrogens with zero attached hydrogens (tertiary/aromatic N) is 2. The monoisotopic (exact) mass is 194 g/mol. The summed E-state index contributed by atoms with van der Waals surface area (Å²) < 4.78 is 0. The van der Waals surface area contributed by atoms with Gasteiger partial charge in [0.05, 0.1) is 0 Å². The molecule has 0 aromatic carbocycles. The highest BCUT2D eigenvalue weighted by molar-refractivity contribution is 5.97. The van der Waals surface area contributed by atoms with Gasteiger partial charge >= 0.3 is 6.03 Å². The van der Waals surface area contributed by atoms with Gasteiger partial charge in [-0.3, -0.25) is 9.69 Å². The van der Waals surface area contributed by atoms with Crippen LogP contribution in [0.25, 0.3) is 0 Å². The first-order valence-corrected chi connectivity index (χ1v) is 5.40. The van der Waals surface area contributed by atoms with E-state index >= 15 is 0 Å². The van der Waals surface area contributed by atoms with Gasteiger partial charge in [-0.25, -0.2) is 4.79 Å². The van der Waals surface area contributed by atoms with Crippen LogP contribution in [0.5, 0.6) is 0 Å². The lowest BCUT2D eigenvalue weighted by Crippen LogP contribution is -2.53. The third-order valence-electron chi connectivity index (χ3n) is 3.19. The fourth-order valence-electron chi connectivity index (χ4n) is 2.09. The van der Waals surface area contributed by atoms with E-state index < -0.39 is 0 Å². The standard InChI is InChI=1S/C10H14N2O2/c13-9-5-6-11(7-1-2-7)10(14)12(9)8-3-4-8/h7-8H,1-6H2. The van der Waals surface area contributed by atoms with Gasteiger partial charge < -0.3 is 4.90 Å². The topological polar surface area (TPSA) is 40.6 Å². The molecule has 0 spiro atoms. The molecule has 3 rings (SSSR count). The first-order chi connectivity index (χ1) is 6.77. The number of carbonyl (C=O) groups is 2. The van der Waals surface area contributed by atoms with E-state index in [2.05, 4.69) is 0 Å². The van der Waals surface area contributed by atoms with E-state index in [1.165, 1.54) is 4.90 Å². The van der Waals surface area contributed by atoms with Crippen LogP contribution in [0.3, 0.4) is 0 Å². The molecule has 2 saturated carbocycles. The molecule has 1 aliphatic heterocycles. The van der Waals surface area contributed by atoms with Gasteiger partial charge in [0.2, 0.25) is 5.91 Å². The summed E-state index contributed by atoms with van der Waals surface area (Å²) in [4.78, 5) is 26.9. The Labute approximate surface area is 82.8 Å². The van der Waals surface area contributed by atoms with Crippen molar-refractivity contribution in [3.8, 4) is 0 Å². The van der Waals surface area contributed by atoms with Crippen LogP contribution in [0.1, 0.15) is 32.1 Å². The highest BCUT2D eigenvalue weighted by Crippen LogP contribution is 2.34. The zero-order valence-corrected chi connectivity index (χ0v) is 8.11. The molecule has 3 aliphatic rings. The van der Waals surface area contributed by atoms with Gasteiger partial charge in [-0.2, -0.15) is 0 Å². The van der Waals surface area contributed by atoms with Crippen molar-refractivity contribution in [1.82, 2.24) is 9.80 Å². The predicted molar refractivity (Wildman–Crippen MR) is 49.6 cm³/mol. The van der Waals surface area contributed by atoms with E-state index in [4.69, 9.17) is 0 Å². The zero-order chi connectivity index (χ0) is 9.71. The Hall–Kier alpha value is -1.06. The molecular formula is C10H14N2O2. The summed E-state index contributed by atoms with van der Waals surface area (Å²) in [7, 11) is 0. The Morgan fingerprint density at radius 2 is 1.64 bits per heavy atom. The van der Waals surface area contributed by atoms with Crippen molar-refractivity contribution in [2.45, 2.75) is 44.2 Å². The van der Waals surface area contributed by atoms with Crippen molar-refractivity contribution in [3.05, 3.63) is 0 Å². The van der Waals surface area contributed by atoms with Crippen LogP contribution in [-0.4, -0.2) is 40.4 Å². The zero-order valence-electron chi connectivity index (χ0n) is 8.11. The highest BCUT2D eigenvalue weighted by Gasteiger charge is 2.45. The molecule has 0 aromatic rings. The van der Waals surface area contributed by atoms with Gasteiger partial charge in [0.15, 0.2) is 0 Å². The van der Waals surface area contributed by atoms with Crippen LogP contribution in [0.2, 0.25) is 0 Å². The molecule has 0 atom stereocenters. The third-order valence-corrected chi connectivity index (χ3v) is 3.19. The molecule has 0 N–H and O–H groups in total. The van der Waals surface area contributed by atoms with E-state index in [9.17, 15) is 9.59 Å². The fraction of sp³-hybridized carbons (Fsp3) is 0.800. The van der Waals surface area contributed by atoms with Crippen LogP contribution in [0, 0.1) is 0 Å². The van der Waals surface area contributed by atoms with E-state index in [0.717, 1.165) is 25.7 Å². The van der Waals surface area contributed by atoms with Crippen LogP contribution < -0.4 is 0 Å². The molecule has 0 aromatic heterocycles. The first-order valence-electron chi connectivity index (χ1n) is 5.40. The molecule has 1 heterocycles. The Balaban J connectivity index is 1.79. The summed E-state index contributed by atoms with van der Waals surface area (Å²) >= 11 is 0. The van der Waals surface area contributed by atoms with Gasteiger partial charge in [-0.05, 0) is 25.7 Å². The highest BCUT2D eigenvalue weighted by atomic mass is 16.2. The van der Waals surface area contributed by atoms with Crippen LogP contribution in [0.15, 0.2) is 0 Å². The Morgan fingerprint density at radius 3 is 2.21 bits per heavy atom. The van der Waals surface area contributed by atoms with E-state index in [1.807, 2.05) is 4.90 Å². The van der Waals surface area contributed by atoms with Gasteiger partial charge in [-0.1, -0.05) is 0 Å². The fourth-order valence-corrected chi connectivity index (χ4v) is 2.09. The summed E-state index contributed by atoms with van der Waals surface area (Å²) in [6.07, 6.45) is 4.79. The molecule has 3 amide bonds. The minimum absolute atomic E-state index is 0.0220. The van der Waals surface area contributed by atoms with Crippen molar-refractivity contribution < 1.29 is 9.59 Å². The first kappa shape index (κ1) is 8.26. The van der Waals surface area contributed by atoms with E-state index in [1.54, 1.807) is 0 Å². The predicted octanol–water partition coefficient (Wildman–Crippen LogP) is 0.966. The normalized spacial score (nSPS) is 28.6. The lowest BCUT2D eigenvalue weighted by molar-refractivity contribution is -0.131. The largest absolute Gasteiger partial charge is 0.327 e. The maximum absolute atomic E-state index is 11.9. The summed E-state index contributed by atoms with van der Waals surface area (Å²) in [5, 5.41) is 0. The summed E-state index contributed by atoms with van der Waals surface area (Å²) in [5.74, 6) is 0.0365. The number of hydrogen-bond acceptors (Lipinski definition) is 2. The molecule has 14 heavy (non-hydrogen) atoms. The molecule has 0 unspecified atom stereocenters. The number of hydrogen-bond donors (Lipinski definition) is 0. The molecule has 0 bridgehead atoms. The number of imide groups is 1. The number of rotatable bonds is 2. The lowest BCUT2D eigenvalue weighted by Gasteiger charge is -2.34. The molecule has 4 nitrogen and oxygen atoms in total. The molecular weight excluding hydrogens is 180 g/mol. The van der Waals surface area contributed by atoms with Crippen LogP contribution in [-0.2, 0) is 4.79 Å². The van der Waals surface area contributed by atoms with Gasteiger partial charge in [0, 0.05) is 25.0 Å². The number of carbonyl (C=O) groups excluding carboxylic acids is 2. The third kappa shape index (κ3) is 1.21. The van der Waals surface area contributed by atoms with Gasteiger partial charge in [0.1, 0.15) is 0 Å². The van der Waals surface area contributed by atoms with Crippen molar-refractivity contribution in [2.75, 3.05) is 6.54 Å². The van der Waals surface area contributed by atoms with Crippen LogP contribution >= 0.6 is 0 Å². The number of urea groups is 1. The average molecular weight is 194 g/mol. The lowest BCUT2D eigenvalue weighted by atomic mass is 10.2. The Bertz CT molecular complexity index is 294.